The van der Waals surface area contributed by atoms with Gasteiger partial charge in [-0.1, -0.05) is 0 Å². The Hall–Kier alpha value is -1.17. The van der Waals surface area contributed by atoms with E-state index in [2.05, 4.69) is 50.2 Å². The summed E-state index contributed by atoms with van der Waals surface area (Å²) in [7, 11) is 1.90. The zero-order chi connectivity index (χ0) is 18.4. The monoisotopic (exact) mass is 576 g/mol. The number of rotatable bonds is 2. The molecular formula is C18H18I2N4O2. The van der Waals surface area contributed by atoms with Crippen LogP contribution in [0.5, 0.6) is 0 Å². The van der Waals surface area contributed by atoms with E-state index in [1.807, 2.05) is 33.3 Å². The van der Waals surface area contributed by atoms with Crippen LogP contribution in [0.1, 0.15) is 23.7 Å². The summed E-state index contributed by atoms with van der Waals surface area (Å²) in [5, 5.41) is 0. The molecule has 2 aliphatic rings. The van der Waals surface area contributed by atoms with E-state index in [9.17, 15) is 9.59 Å². The number of nitrogens with zero attached hydrogens (tertiary/aromatic N) is 4. The fourth-order valence-electron chi connectivity index (χ4n) is 3.96. The minimum Gasteiger partial charge on any atom is -0.340 e. The highest BCUT2D eigenvalue weighted by Gasteiger charge is 2.37. The molecule has 136 valence electrons. The number of halogens is 2. The van der Waals surface area contributed by atoms with Crippen LogP contribution >= 0.6 is 45.2 Å². The van der Waals surface area contributed by atoms with E-state index in [0.29, 0.717) is 25.6 Å². The number of pyridine rings is 1. The predicted octanol–water partition coefficient (Wildman–Crippen LogP) is 2.45. The van der Waals surface area contributed by atoms with Crippen molar-refractivity contribution in [3.05, 3.63) is 53.5 Å². The molecule has 26 heavy (non-hydrogen) atoms. The Morgan fingerprint density at radius 3 is 2.81 bits per heavy atom. The zero-order valence-electron chi connectivity index (χ0n) is 14.2. The average Bonchev–Trinajstić information content (AvgIpc) is 3.02. The minimum absolute atomic E-state index is 0.0154. The molecule has 2 bridgehead atoms. The molecule has 6 nitrogen and oxygen atoms in total. The molecule has 2 aliphatic heterocycles. The van der Waals surface area contributed by atoms with E-state index in [0.717, 1.165) is 24.9 Å². The van der Waals surface area contributed by atoms with Gasteiger partial charge in [0.15, 0.2) is 0 Å². The first-order chi connectivity index (χ1) is 12.4. The van der Waals surface area contributed by atoms with Gasteiger partial charge < -0.3 is 14.0 Å². The molecule has 1 amide bonds. The van der Waals surface area contributed by atoms with Crippen LogP contribution in [0.15, 0.2) is 29.5 Å². The van der Waals surface area contributed by atoms with Gasteiger partial charge in [-0.05, 0) is 69.7 Å². The summed E-state index contributed by atoms with van der Waals surface area (Å²) >= 11 is 4.43. The molecule has 2 atom stereocenters. The van der Waals surface area contributed by atoms with Crippen molar-refractivity contribution in [1.82, 2.24) is 19.0 Å². The standard InChI is InChI=1S/C18H18I2N4O2/c1-22-9-13(21-10-22)2-3-16(25)23-6-11-4-12(8-23)17-14(19)5-15(20)18(26)24(17)7-11/h2-3,5,9-12H,4,6-8H2,1H3/b3-2+/t11-,12+/m0/s1. The predicted molar refractivity (Wildman–Crippen MR) is 116 cm³/mol. The minimum atomic E-state index is 0.0154. The average molecular weight is 576 g/mol. The lowest BCUT2D eigenvalue weighted by Gasteiger charge is -2.43. The number of aryl methyl sites for hydroxylation is 1. The smallest absolute Gasteiger partial charge is 0.264 e. The first-order valence-electron chi connectivity index (χ1n) is 8.46. The number of likely N-dealkylation sites (tertiary alicyclic amines) is 1. The van der Waals surface area contributed by atoms with E-state index in [1.54, 1.807) is 18.5 Å². The number of amides is 1. The second kappa shape index (κ2) is 7.10. The van der Waals surface area contributed by atoms with Crippen molar-refractivity contribution in [1.29, 1.82) is 0 Å². The lowest BCUT2D eigenvalue weighted by atomic mass is 9.83. The largest absolute Gasteiger partial charge is 0.340 e. The van der Waals surface area contributed by atoms with Crippen LogP contribution in [0, 0.1) is 13.1 Å². The maximum atomic E-state index is 12.7. The lowest BCUT2D eigenvalue weighted by molar-refractivity contribution is -0.128. The number of piperidine rings is 1. The maximum Gasteiger partial charge on any atom is 0.264 e. The Morgan fingerprint density at radius 2 is 2.08 bits per heavy atom. The Kier molecular flexibility index (Phi) is 4.97. The molecule has 4 rings (SSSR count). The van der Waals surface area contributed by atoms with Crippen molar-refractivity contribution in [2.75, 3.05) is 13.1 Å². The van der Waals surface area contributed by atoms with Gasteiger partial charge in [0, 0.05) is 54.1 Å². The Labute approximate surface area is 178 Å². The number of carbonyl (C=O) groups excluding carboxylic acids is 1. The lowest BCUT2D eigenvalue weighted by Crippen LogP contribution is -2.49. The number of hydrogen-bond donors (Lipinski definition) is 0. The van der Waals surface area contributed by atoms with Crippen molar-refractivity contribution >= 4 is 57.2 Å². The molecule has 2 aromatic heterocycles. The van der Waals surface area contributed by atoms with E-state index in [4.69, 9.17) is 0 Å². The molecule has 1 saturated heterocycles. The number of aromatic nitrogens is 3. The van der Waals surface area contributed by atoms with Gasteiger partial charge in [-0.25, -0.2) is 4.98 Å². The van der Waals surface area contributed by atoms with Crippen molar-refractivity contribution in [2.45, 2.75) is 18.9 Å². The first-order valence-corrected chi connectivity index (χ1v) is 10.6. The Balaban J connectivity index is 1.57. The normalized spacial score (nSPS) is 21.9. The molecule has 0 radical (unpaired) electrons. The molecular weight excluding hydrogens is 558 g/mol. The Bertz CT molecular complexity index is 963. The Morgan fingerprint density at radius 1 is 1.27 bits per heavy atom. The summed E-state index contributed by atoms with van der Waals surface area (Å²) in [6.07, 6.45) is 8.01. The van der Waals surface area contributed by atoms with Gasteiger partial charge in [0.2, 0.25) is 5.91 Å². The maximum absolute atomic E-state index is 12.7. The molecule has 2 aromatic rings. The highest BCUT2D eigenvalue weighted by molar-refractivity contribution is 14.1. The molecule has 0 N–H and O–H groups in total. The van der Waals surface area contributed by atoms with Gasteiger partial charge in [-0.15, -0.1) is 0 Å². The first kappa shape index (κ1) is 18.2. The van der Waals surface area contributed by atoms with E-state index in [-0.39, 0.29) is 17.4 Å². The molecule has 4 heterocycles. The number of hydrogen-bond acceptors (Lipinski definition) is 3. The second-order valence-electron chi connectivity index (χ2n) is 6.98. The highest BCUT2D eigenvalue weighted by atomic mass is 127. The van der Waals surface area contributed by atoms with Crippen LogP contribution in [-0.4, -0.2) is 38.0 Å². The fourth-order valence-corrected chi connectivity index (χ4v) is 6.21. The third-order valence-corrected chi connectivity index (χ3v) is 6.67. The van der Waals surface area contributed by atoms with Gasteiger partial charge in [0.05, 0.1) is 15.6 Å². The number of carbonyl (C=O) groups is 1. The summed E-state index contributed by atoms with van der Waals surface area (Å²) in [5.74, 6) is 0.577. The van der Waals surface area contributed by atoms with Gasteiger partial charge in [0.25, 0.3) is 5.56 Å². The van der Waals surface area contributed by atoms with Crippen LogP contribution in [0.25, 0.3) is 6.08 Å². The SMILES string of the molecule is Cn1cnc(/C=C/C(=O)N2C[C@@H]3C[C@H](C2)c2c(I)cc(I)c(=O)n2C3)c1. The number of imidazole rings is 1. The molecule has 0 aliphatic carbocycles. The van der Waals surface area contributed by atoms with Crippen LogP contribution < -0.4 is 5.56 Å². The fraction of sp³-hybridized carbons (Fsp3) is 0.389. The molecule has 0 saturated carbocycles. The van der Waals surface area contributed by atoms with Crippen molar-refractivity contribution in [2.24, 2.45) is 13.0 Å². The van der Waals surface area contributed by atoms with Gasteiger partial charge in [-0.2, -0.15) is 0 Å². The summed E-state index contributed by atoms with van der Waals surface area (Å²) < 4.78 is 5.68. The van der Waals surface area contributed by atoms with E-state index in [1.165, 1.54) is 0 Å². The third-order valence-electron chi connectivity index (χ3n) is 5.04. The van der Waals surface area contributed by atoms with Gasteiger partial charge in [0.1, 0.15) is 0 Å². The van der Waals surface area contributed by atoms with Crippen LogP contribution in [0.4, 0.5) is 0 Å². The van der Waals surface area contributed by atoms with Crippen LogP contribution in [0.3, 0.4) is 0 Å². The summed E-state index contributed by atoms with van der Waals surface area (Å²) in [6, 6.07) is 1.96. The molecule has 0 unspecified atom stereocenters. The summed E-state index contributed by atoms with van der Waals surface area (Å²) in [4.78, 5) is 31.3. The molecule has 0 aromatic carbocycles. The summed E-state index contributed by atoms with van der Waals surface area (Å²) in [6.45, 7) is 2.07. The molecule has 0 spiro atoms. The van der Waals surface area contributed by atoms with E-state index < -0.39 is 0 Å². The zero-order valence-corrected chi connectivity index (χ0v) is 18.5. The molecule has 8 heteroatoms. The van der Waals surface area contributed by atoms with Crippen molar-refractivity contribution < 1.29 is 4.79 Å². The summed E-state index contributed by atoms with van der Waals surface area (Å²) in [5.41, 5.74) is 1.98. The van der Waals surface area contributed by atoms with Crippen molar-refractivity contribution in [3.63, 3.8) is 0 Å². The van der Waals surface area contributed by atoms with Gasteiger partial charge >= 0.3 is 0 Å². The molecule has 1 fully saturated rings. The third kappa shape index (κ3) is 3.37. The van der Waals surface area contributed by atoms with Crippen molar-refractivity contribution in [3.8, 4) is 0 Å². The van der Waals surface area contributed by atoms with Gasteiger partial charge in [-0.3, -0.25) is 9.59 Å². The topological polar surface area (TPSA) is 60.1 Å². The highest BCUT2D eigenvalue weighted by Crippen LogP contribution is 2.37. The second-order valence-corrected chi connectivity index (χ2v) is 9.30. The number of fused-ring (bicyclic) bond motifs is 4. The van der Waals surface area contributed by atoms with Crippen LogP contribution in [-0.2, 0) is 18.4 Å². The van der Waals surface area contributed by atoms with E-state index >= 15 is 0 Å². The van der Waals surface area contributed by atoms with Crippen LogP contribution in [0.2, 0.25) is 0 Å². The quantitative estimate of drug-likeness (QED) is 0.408.